The van der Waals surface area contributed by atoms with Crippen molar-refractivity contribution >= 4 is 14.4 Å². The van der Waals surface area contributed by atoms with E-state index in [1.165, 1.54) is 4.90 Å². The summed E-state index contributed by atoms with van der Waals surface area (Å²) in [5, 5.41) is 11.2. The zero-order chi connectivity index (χ0) is 33.8. The van der Waals surface area contributed by atoms with Crippen LogP contribution >= 0.6 is 0 Å². The third kappa shape index (κ3) is 8.71. The molecular weight excluding hydrogens is 611 g/mol. The van der Waals surface area contributed by atoms with Crippen molar-refractivity contribution in [3.8, 4) is 11.1 Å². The zero-order valence-corrected chi connectivity index (χ0v) is 29.9. The molecule has 1 aliphatic heterocycles. The number of rotatable bonds is 13. The Bertz CT molecular complexity index is 1440. The molecule has 2 aliphatic rings. The standard InChI is InChI=1S/C38H51NO7Si/c1-37(2,3)47(6,7)44-24-28(40)21-39(22-34-35(46-38(4,5)45-34)26-42-23-27-15-9-8-10-16-27)36(41)43-25-33-31-19-13-11-17-29(31)30-18-12-14-20-32(30)33/h8-20,28,33-35,40H,21-26H2,1-7H3/t28?,34-,35-/m0/s1. The average Bonchev–Trinajstić information content (AvgIpc) is 3.50. The number of hydrogen-bond donors (Lipinski definition) is 1. The maximum absolute atomic E-state index is 13.9. The molecule has 0 radical (unpaired) electrons. The van der Waals surface area contributed by atoms with E-state index < -0.39 is 38.5 Å². The van der Waals surface area contributed by atoms with Crippen molar-refractivity contribution in [1.29, 1.82) is 0 Å². The summed E-state index contributed by atoms with van der Waals surface area (Å²) >= 11 is 0. The van der Waals surface area contributed by atoms with Gasteiger partial charge in [0, 0.05) is 5.92 Å². The summed E-state index contributed by atoms with van der Waals surface area (Å²) in [6.45, 7) is 15.7. The average molecular weight is 662 g/mol. The first-order chi connectivity index (χ1) is 22.2. The number of carbonyl (C=O) groups is 1. The number of nitrogens with zero attached hydrogens (tertiary/aromatic N) is 1. The summed E-state index contributed by atoms with van der Waals surface area (Å²) in [5.41, 5.74) is 5.67. The predicted molar refractivity (Wildman–Crippen MR) is 186 cm³/mol. The second-order valence-electron chi connectivity index (χ2n) is 14.6. The van der Waals surface area contributed by atoms with Crippen molar-refractivity contribution in [2.75, 3.05) is 32.9 Å². The first-order valence-electron chi connectivity index (χ1n) is 16.6. The summed E-state index contributed by atoms with van der Waals surface area (Å²) in [6, 6.07) is 26.5. The van der Waals surface area contributed by atoms with Crippen LogP contribution in [-0.4, -0.2) is 81.4 Å². The van der Waals surface area contributed by atoms with Crippen LogP contribution in [0.15, 0.2) is 78.9 Å². The molecule has 9 heteroatoms. The number of ether oxygens (including phenoxy) is 4. The molecule has 0 spiro atoms. The number of benzene rings is 3. The van der Waals surface area contributed by atoms with E-state index in [-0.39, 0.29) is 37.3 Å². The Morgan fingerprint density at radius 2 is 1.47 bits per heavy atom. The smallest absolute Gasteiger partial charge is 0.409 e. The van der Waals surface area contributed by atoms with E-state index in [4.69, 9.17) is 23.4 Å². The highest BCUT2D eigenvalue weighted by Crippen LogP contribution is 2.44. The molecule has 3 aromatic carbocycles. The topological polar surface area (TPSA) is 86.7 Å². The van der Waals surface area contributed by atoms with Gasteiger partial charge in [-0.15, -0.1) is 0 Å². The van der Waals surface area contributed by atoms with Crippen molar-refractivity contribution in [3.63, 3.8) is 0 Å². The van der Waals surface area contributed by atoms with E-state index in [2.05, 4.69) is 58.1 Å². The fourth-order valence-electron chi connectivity index (χ4n) is 6.03. The highest BCUT2D eigenvalue weighted by Gasteiger charge is 2.43. The molecule has 1 heterocycles. The minimum Gasteiger partial charge on any atom is -0.448 e. The first-order valence-corrected chi connectivity index (χ1v) is 19.5. The third-order valence-corrected chi connectivity index (χ3v) is 14.0. The third-order valence-electron chi connectivity index (χ3n) is 9.55. The van der Waals surface area contributed by atoms with Crippen molar-refractivity contribution in [2.45, 2.75) is 89.4 Å². The lowest BCUT2D eigenvalue weighted by Gasteiger charge is -2.37. The van der Waals surface area contributed by atoms with Crippen LogP contribution in [0, 0.1) is 0 Å². The van der Waals surface area contributed by atoms with E-state index >= 15 is 0 Å². The Hall–Kier alpha value is -3.05. The van der Waals surface area contributed by atoms with Crippen molar-refractivity contribution in [3.05, 3.63) is 95.6 Å². The number of amides is 1. The second kappa shape index (κ2) is 14.6. The van der Waals surface area contributed by atoms with Crippen LogP contribution in [0.25, 0.3) is 11.1 Å². The number of hydrogen-bond acceptors (Lipinski definition) is 7. The van der Waals surface area contributed by atoms with Gasteiger partial charge in [-0.05, 0) is 59.8 Å². The van der Waals surface area contributed by atoms with Gasteiger partial charge < -0.3 is 33.4 Å². The second-order valence-corrected chi connectivity index (χ2v) is 19.5. The van der Waals surface area contributed by atoms with Gasteiger partial charge in [-0.2, -0.15) is 0 Å². The van der Waals surface area contributed by atoms with Crippen LogP contribution in [0.4, 0.5) is 4.79 Å². The normalized spacial score (nSPS) is 19.7. The minimum absolute atomic E-state index is 0.00716. The first kappa shape index (κ1) is 35.3. The van der Waals surface area contributed by atoms with Gasteiger partial charge >= 0.3 is 6.09 Å². The predicted octanol–water partition coefficient (Wildman–Crippen LogP) is 7.36. The number of fused-ring (bicyclic) bond motifs is 3. The highest BCUT2D eigenvalue weighted by molar-refractivity contribution is 6.74. The summed E-state index contributed by atoms with van der Waals surface area (Å²) < 4.78 is 30.9. The van der Waals surface area contributed by atoms with Gasteiger partial charge in [0.25, 0.3) is 0 Å². The molecule has 254 valence electrons. The van der Waals surface area contributed by atoms with Crippen molar-refractivity contribution in [2.24, 2.45) is 0 Å². The summed E-state index contributed by atoms with van der Waals surface area (Å²) in [7, 11) is -2.11. The zero-order valence-electron chi connectivity index (χ0n) is 28.9. The van der Waals surface area contributed by atoms with Crippen LogP contribution in [-0.2, 0) is 30.0 Å². The largest absolute Gasteiger partial charge is 0.448 e. The summed E-state index contributed by atoms with van der Waals surface area (Å²) in [5.74, 6) is -0.938. The molecule has 5 rings (SSSR count). The molecule has 1 aliphatic carbocycles. The Morgan fingerprint density at radius 1 is 0.894 bits per heavy atom. The molecule has 1 fully saturated rings. The van der Waals surface area contributed by atoms with Crippen molar-refractivity contribution in [1.82, 2.24) is 4.90 Å². The van der Waals surface area contributed by atoms with Gasteiger partial charge in [0.15, 0.2) is 14.1 Å². The molecule has 3 aromatic rings. The maximum Gasteiger partial charge on any atom is 0.409 e. The number of carbonyl (C=O) groups excluding carboxylic acids is 1. The molecule has 0 saturated carbocycles. The van der Waals surface area contributed by atoms with Crippen LogP contribution in [0.2, 0.25) is 18.1 Å². The number of aliphatic hydroxyl groups is 1. The SMILES string of the molecule is CC1(C)O[C@@H](COCc2ccccc2)[C@H](CN(CC(O)CO[Si](C)(C)C(C)(C)C)C(=O)OCC2c3ccccc3-c3ccccc32)O1. The highest BCUT2D eigenvalue weighted by atomic mass is 28.4. The van der Waals surface area contributed by atoms with Crippen LogP contribution < -0.4 is 0 Å². The van der Waals surface area contributed by atoms with E-state index in [1.54, 1.807) is 0 Å². The lowest BCUT2D eigenvalue weighted by molar-refractivity contribution is -0.152. The Morgan fingerprint density at radius 3 is 2.09 bits per heavy atom. The van der Waals surface area contributed by atoms with Gasteiger partial charge in [0.05, 0.1) is 39.0 Å². The lowest BCUT2D eigenvalue weighted by Crippen LogP contribution is -2.48. The molecule has 0 aromatic heterocycles. The van der Waals surface area contributed by atoms with E-state index in [0.717, 1.165) is 27.8 Å². The summed E-state index contributed by atoms with van der Waals surface area (Å²) in [6.07, 6.45) is -2.34. The van der Waals surface area contributed by atoms with E-state index in [0.29, 0.717) is 13.2 Å². The van der Waals surface area contributed by atoms with Crippen LogP contribution in [0.5, 0.6) is 0 Å². The Balaban J connectivity index is 1.29. The molecular formula is C38H51NO7Si. The van der Waals surface area contributed by atoms with Gasteiger partial charge in [-0.25, -0.2) is 4.79 Å². The number of aliphatic hydroxyl groups excluding tert-OH is 1. The Labute approximate surface area is 281 Å². The van der Waals surface area contributed by atoms with Crippen molar-refractivity contribution < 1.29 is 33.3 Å². The van der Waals surface area contributed by atoms with E-state index in [9.17, 15) is 9.90 Å². The molecule has 3 atom stereocenters. The summed E-state index contributed by atoms with van der Waals surface area (Å²) in [4.78, 5) is 15.4. The van der Waals surface area contributed by atoms with E-state index in [1.807, 2.05) is 68.4 Å². The minimum atomic E-state index is -2.11. The molecule has 1 saturated heterocycles. The van der Waals surface area contributed by atoms with Gasteiger partial charge in [-0.1, -0.05) is 99.6 Å². The maximum atomic E-state index is 13.9. The fourth-order valence-corrected chi connectivity index (χ4v) is 7.07. The van der Waals surface area contributed by atoms with Gasteiger partial charge in [0.1, 0.15) is 18.8 Å². The lowest BCUT2D eigenvalue weighted by atomic mass is 9.98. The fraction of sp³-hybridized carbons (Fsp3) is 0.500. The molecule has 1 N–H and O–H groups in total. The van der Waals surface area contributed by atoms with Gasteiger partial charge in [0.2, 0.25) is 0 Å². The quantitative estimate of drug-likeness (QED) is 0.192. The molecule has 0 bridgehead atoms. The monoisotopic (exact) mass is 661 g/mol. The molecule has 1 amide bonds. The molecule has 1 unspecified atom stereocenters. The molecule has 8 nitrogen and oxygen atoms in total. The van der Waals surface area contributed by atoms with Gasteiger partial charge in [-0.3, -0.25) is 0 Å². The Kier molecular flexibility index (Phi) is 11.0. The van der Waals surface area contributed by atoms with Crippen LogP contribution in [0.1, 0.15) is 57.2 Å². The van der Waals surface area contributed by atoms with Crippen LogP contribution in [0.3, 0.4) is 0 Å². The molecule has 47 heavy (non-hydrogen) atoms.